The van der Waals surface area contributed by atoms with Crippen molar-refractivity contribution >= 4 is 5.97 Å². The van der Waals surface area contributed by atoms with Crippen LogP contribution in [0.2, 0.25) is 0 Å². The summed E-state index contributed by atoms with van der Waals surface area (Å²) >= 11 is 0. The summed E-state index contributed by atoms with van der Waals surface area (Å²) in [5.41, 5.74) is 1.37. The van der Waals surface area contributed by atoms with Gasteiger partial charge in [-0.2, -0.15) is 0 Å². The van der Waals surface area contributed by atoms with Gasteiger partial charge >= 0.3 is 5.97 Å². The van der Waals surface area contributed by atoms with E-state index < -0.39 is 0 Å². The minimum atomic E-state index is -0.112. The molecule has 1 aliphatic rings. The van der Waals surface area contributed by atoms with Gasteiger partial charge in [-0.25, -0.2) is 0 Å². The highest BCUT2D eigenvalue weighted by molar-refractivity contribution is 5.71. The third kappa shape index (κ3) is 3.57. The Hall–Kier alpha value is -1.35. The van der Waals surface area contributed by atoms with Crippen molar-refractivity contribution in [1.29, 1.82) is 0 Å². The molecule has 0 aliphatic carbocycles. The monoisotopic (exact) mass is 247 g/mol. The Balaban J connectivity index is 1.84. The molecule has 1 heterocycles. The molecule has 0 radical (unpaired) electrons. The molecule has 1 atom stereocenters. The molecule has 0 N–H and O–H groups in total. The van der Waals surface area contributed by atoms with Crippen molar-refractivity contribution in [2.45, 2.75) is 32.3 Å². The molecule has 0 saturated carbocycles. The van der Waals surface area contributed by atoms with Gasteiger partial charge in [-0.3, -0.25) is 9.69 Å². The summed E-state index contributed by atoms with van der Waals surface area (Å²) in [5, 5.41) is 0. The Kier molecular flexibility index (Phi) is 4.37. The molecule has 1 aromatic carbocycles. The number of likely N-dealkylation sites (tertiary alicyclic amines) is 1. The van der Waals surface area contributed by atoms with E-state index in [0.29, 0.717) is 12.5 Å². The van der Waals surface area contributed by atoms with Crippen molar-refractivity contribution in [3.63, 3.8) is 0 Å². The number of hydrogen-bond acceptors (Lipinski definition) is 3. The molecular formula is C15H21NO2. The Labute approximate surface area is 109 Å². The third-order valence-electron chi connectivity index (χ3n) is 3.26. The highest BCUT2D eigenvalue weighted by Crippen LogP contribution is 2.26. The SMILES string of the molecule is CC(C)OC(=O)CN1CCC(c2ccccc2)C1. The fraction of sp³-hybridized carbons (Fsp3) is 0.533. The number of carbonyl (C=O) groups excluding carboxylic acids is 1. The molecule has 3 heteroatoms. The van der Waals surface area contributed by atoms with Gasteiger partial charge in [0.2, 0.25) is 0 Å². The van der Waals surface area contributed by atoms with Crippen LogP contribution in [0.25, 0.3) is 0 Å². The predicted molar refractivity (Wildman–Crippen MR) is 71.5 cm³/mol. The van der Waals surface area contributed by atoms with Crippen molar-refractivity contribution in [2.24, 2.45) is 0 Å². The van der Waals surface area contributed by atoms with E-state index in [4.69, 9.17) is 4.74 Å². The number of benzene rings is 1. The Morgan fingerprint density at radius 3 is 2.78 bits per heavy atom. The molecule has 1 aromatic rings. The maximum atomic E-state index is 11.6. The molecule has 1 aliphatic heterocycles. The van der Waals surface area contributed by atoms with E-state index in [2.05, 4.69) is 29.2 Å². The molecule has 18 heavy (non-hydrogen) atoms. The van der Waals surface area contributed by atoms with Crippen LogP contribution in [0.4, 0.5) is 0 Å². The van der Waals surface area contributed by atoms with E-state index in [-0.39, 0.29) is 12.1 Å². The zero-order valence-electron chi connectivity index (χ0n) is 11.1. The van der Waals surface area contributed by atoms with Gasteiger partial charge in [0.15, 0.2) is 0 Å². The fourth-order valence-electron chi connectivity index (χ4n) is 2.46. The first-order valence-electron chi connectivity index (χ1n) is 6.62. The molecule has 1 fully saturated rings. The summed E-state index contributed by atoms with van der Waals surface area (Å²) in [6, 6.07) is 10.5. The molecule has 0 amide bonds. The number of hydrogen-bond donors (Lipinski definition) is 0. The standard InChI is InChI=1S/C15H21NO2/c1-12(2)18-15(17)11-16-9-8-14(10-16)13-6-4-3-5-7-13/h3-7,12,14H,8-11H2,1-2H3. The molecule has 3 nitrogen and oxygen atoms in total. The van der Waals surface area contributed by atoms with Crippen LogP contribution in [0, 0.1) is 0 Å². The summed E-state index contributed by atoms with van der Waals surface area (Å²) in [4.78, 5) is 13.8. The van der Waals surface area contributed by atoms with Crippen LogP contribution in [-0.2, 0) is 9.53 Å². The van der Waals surface area contributed by atoms with Gasteiger partial charge in [0.05, 0.1) is 12.6 Å². The van der Waals surface area contributed by atoms with Crippen LogP contribution in [0.1, 0.15) is 31.7 Å². The van der Waals surface area contributed by atoms with Crippen molar-refractivity contribution in [3.8, 4) is 0 Å². The van der Waals surface area contributed by atoms with Crippen LogP contribution >= 0.6 is 0 Å². The van der Waals surface area contributed by atoms with Gasteiger partial charge in [0.25, 0.3) is 0 Å². The average molecular weight is 247 g/mol. The minimum Gasteiger partial charge on any atom is -0.462 e. The summed E-state index contributed by atoms with van der Waals surface area (Å²) in [7, 11) is 0. The van der Waals surface area contributed by atoms with Gasteiger partial charge < -0.3 is 4.74 Å². The zero-order chi connectivity index (χ0) is 13.0. The van der Waals surface area contributed by atoms with E-state index >= 15 is 0 Å². The smallest absolute Gasteiger partial charge is 0.320 e. The van der Waals surface area contributed by atoms with Crippen molar-refractivity contribution < 1.29 is 9.53 Å². The average Bonchev–Trinajstić information content (AvgIpc) is 2.77. The van der Waals surface area contributed by atoms with Crippen molar-refractivity contribution in [1.82, 2.24) is 4.90 Å². The van der Waals surface area contributed by atoms with Crippen LogP contribution in [0.3, 0.4) is 0 Å². The lowest BCUT2D eigenvalue weighted by atomic mass is 9.99. The van der Waals surface area contributed by atoms with Gasteiger partial charge in [0.1, 0.15) is 0 Å². The summed E-state index contributed by atoms with van der Waals surface area (Å²) in [6.07, 6.45) is 1.10. The molecule has 2 rings (SSSR count). The summed E-state index contributed by atoms with van der Waals surface area (Å²) in [5.74, 6) is 0.441. The number of rotatable bonds is 4. The third-order valence-corrected chi connectivity index (χ3v) is 3.26. The fourth-order valence-corrected chi connectivity index (χ4v) is 2.46. The highest BCUT2D eigenvalue weighted by Gasteiger charge is 2.25. The van der Waals surface area contributed by atoms with Gasteiger partial charge in [-0.15, -0.1) is 0 Å². The van der Waals surface area contributed by atoms with E-state index in [9.17, 15) is 4.79 Å². The molecule has 98 valence electrons. The van der Waals surface area contributed by atoms with Crippen LogP contribution < -0.4 is 0 Å². The maximum Gasteiger partial charge on any atom is 0.320 e. The number of carbonyl (C=O) groups is 1. The Morgan fingerprint density at radius 2 is 2.11 bits per heavy atom. The summed E-state index contributed by atoms with van der Waals surface area (Å²) < 4.78 is 5.17. The normalized spacial score (nSPS) is 20.3. The highest BCUT2D eigenvalue weighted by atomic mass is 16.5. The Morgan fingerprint density at radius 1 is 1.39 bits per heavy atom. The van der Waals surface area contributed by atoms with Crippen LogP contribution in [0.5, 0.6) is 0 Å². The van der Waals surface area contributed by atoms with Crippen LogP contribution in [-0.4, -0.2) is 36.6 Å². The summed E-state index contributed by atoms with van der Waals surface area (Å²) in [6.45, 7) is 6.12. The maximum absolute atomic E-state index is 11.6. The molecule has 0 aromatic heterocycles. The lowest BCUT2D eigenvalue weighted by Gasteiger charge is -2.16. The first kappa shape index (κ1) is 13.1. The second-order valence-corrected chi connectivity index (χ2v) is 5.17. The molecule has 0 bridgehead atoms. The quantitative estimate of drug-likeness (QED) is 0.765. The second-order valence-electron chi connectivity index (χ2n) is 5.17. The first-order valence-corrected chi connectivity index (χ1v) is 6.62. The zero-order valence-corrected chi connectivity index (χ0v) is 11.1. The van der Waals surface area contributed by atoms with E-state index in [1.165, 1.54) is 5.56 Å². The first-order chi connectivity index (χ1) is 8.65. The molecular weight excluding hydrogens is 226 g/mol. The molecule has 1 unspecified atom stereocenters. The topological polar surface area (TPSA) is 29.5 Å². The van der Waals surface area contributed by atoms with Crippen molar-refractivity contribution in [3.05, 3.63) is 35.9 Å². The number of nitrogens with zero attached hydrogens (tertiary/aromatic N) is 1. The lowest BCUT2D eigenvalue weighted by Crippen LogP contribution is -2.30. The van der Waals surface area contributed by atoms with Gasteiger partial charge in [-0.05, 0) is 38.3 Å². The minimum absolute atomic E-state index is 0.0231. The van der Waals surface area contributed by atoms with Gasteiger partial charge in [-0.1, -0.05) is 30.3 Å². The largest absolute Gasteiger partial charge is 0.462 e. The molecule has 0 spiro atoms. The van der Waals surface area contributed by atoms with E-state index in [1.54, 1.807) is 0 Å². The van der Waals surface area contributed by atoms with Gasteiger partial charge in [0, 0.05) is 6.54 Å². The lowest BCUT2D eigenvalue weighted by molar-refractivity contribution is -0.148. The van der Waals surface area contributed by atoms with Crippen molar-refractivity contribution in [2.75, 3.05) is 19.6 Å². The van der Waals surface area contributed by atoms with E-state index in [1.807, 2.05) is 19.9 Å². The molecule has 1 saturated heterocycles. The van der Waals surface area contributed by atoms with E-state index in [0.717, 1.165) is 19.5 Å². The number of ether oxygens (including phenoxy) is 1. The number of esters is 1. The Bertz CT molecular complexity index is 389. The van der Waals surface area contributed by atoms with Crippen LogP contribution in [0.15, 0.2) is 30.3 Å². The second kappa shape index (κ2) is 6.01. The predicted octanol–water partition coefficient (Wildman–Crippen LogP) is 2.43.